The van der Waals surface area contributed by atoms with Gasteiger partial charge in [0, 0.05) is 11.1 Å². The maximum Gasteiger partial charge on any atom is 0.419 e. The van der Waals surface area contributed by atoms with E-state index in [0.717, 1.165) is 0 Å². The molecule has 0 atom stereocenters. The molecule has 0 bridgehead atoms. The predicted molar refractivity (Wildman–Crippen MR) is 85.5 cm³/mol. The molecule has 5 nitrogen and oxygen atoms in total. The zero-order chi connectivity index (χ0) is 22.9. The summed E-state index contributed by atoms with van der Waals surface area (Å²) in [7, 11) is 0. The molecule has 0 fully saturated rings. The molecule has 0 aliphatic heterocycles. The van der Waals surface area contributed by atoms with E-state index >= 15 is 0 Å². The number of hydrogen-bond acceptors (Lipinski definition) is 3. The lowest BCUT2D eigenvalue weighted by molar-refractivity contribution is -0.140. The lowest BCUT2D eigenvalue weighted by Gasteiger charge is -2.12. The summed E-state index contributed by atoms with van der Waals surface area (Å²) >= 11 is 0. The molecule has 0 aliphatic rings. The Morgan fingerprint density at radius 3 is 1.33 bits per heavy atom. The highest BCUT2D eigenvalue weighted by molar-refractivity contribution is 6.11. The van der Waals surface area contributed by atoms with Crippen LogP contribution in [0.3, 0.4) is 0 Å². The Hall–Kier alpha value is -3.51. The summed E-state index contributed by atoms with van der Waals surface area (Å²) in [4.78, 5) is 23.8. The van der Waals surface area contributed by atoms with Crippen molar-refractivity contribution >= 4 is 17.8 Å². The first-order valence-electron chi connectivity index (χ1n) is 7.65. The van der Waals surface area contributed by atoms with Crippen LogP contribution in [0.4, 0.5) is 35.1 Å². The third-order valence-electron chi connectivity index (χ3n) is 3.54. The van der Waals surface area contributed by atoms with Crippen molar-refractivity contribution in [2.45, 2.75) is 12.4 Å². The molecule has 13 heteroatoms. The van der Waals surface area contributed by atoms with Crippen molar-refractivity contribution in [2.75, 3.05) is 0 Å². The zero-order valence-electron chi connectivity index (χ0n) is 14.3. The molecule has 0 radical (unpaired) electrons. The van der Waals surface area contributed by atoms with E-state index in [1.54, 1.807) is 10.6 Å². The van der Waals surface area contributed by atoms with Crippen molar-refractivity contribution < 1.29 is 44.7 Å². The van der Waals surface area contributed by atoms with Crippen LogP contribution in [-0.2, 0) is 12.4 Å². The van der Waals surface area contributed by atoms with Crippen LogP contribution in [0.2, 0.25) is 0 Å². The Morgan fingerprint density at radius 2 is 1.03 bits per heavy atom. The van der Waals surface area contributed by atoms with E-state index in [4.69, 9.17) is 5.41 Å². The van der Waals surface area contributed by atoms with E-state index in [0.29, 0.717) is 24.3 Å². The standard InChI is InChI=1S/C17H9F8N3O2/c18-11-3-1-7(5-9(11)16(20,21)22)13(29)27-15(26)28-14(30)8-2-4-12(19)10(6-8)17(23,24)25/h1-6H,(H3,26,27,28,29,30). The predicted octanol–water partition coefficient (Wildman–Crippen LogP) is 4.10. The Labute approximate surface area is 162 Å². The van der Waals surface area contributed by atoms with Gasteiger partial charge in [0.25, 0.3) is 11.8 Å². The van der Waals surface area contributed by atoms with Gasteiger partial charge >= 0.3 is 12.4 Å². The van der Waals surface area contributed by atoms with Crippen LogP contribution in [0.25, 0.3) is 0 Å². The number of amides is 2. The molecule has 2 aromatic rings. The molecule has 2 rings (SSSR count). The van der Waals surface area contributed by atoms with Crippen LogP contribution in [0.15, 0.2) is 36.4 Å². The monoisotopic (exact) mass is 439 g/mol. The minimum Gasteiger partial charge on any atom is -0.292 e. The van der Waals surface area contributed by atoms with E-state index < -0.39 is 64.0 Å². The van der Waals surface area contributed by atoms with Crippen LogP contribution >= 0.6 is 0 Å². The van der Waals surface area contributed by atoms with Gasteiger partial charge in [-0.15, -0.1) is 0 Å². The summed E-state index contributed by atoms with van der Waals surface area (Å²) < 4.78 is 103. The minimum atomic E-state index is -5.10. The molecule has 0 saturated carbocycles. The summed E-state index contributed by atoms with van der Waals surface area (Å²) in [5.41, 5.74) is -4.89. The number of rotatable bonds is 2. The van der Waals surface area contributed by atoms with Gasteiger partial charge in [0.2, 0.25) is 5.96 Å². The van der Waals surface area contributed by atoms with Gasteiger partial charge in [-0.05, 0) is 36.4 Å². The number of hydrogen-bond donors (Lipinski definition) is 3. The number of carbonyl (C=O) groups is 2. The van der Waals surface area contributed by atoms with Crippen LogP contribution in [0, 0.1) is 17.0 Å². The highest BCUT2D eigenvalue weighted by Crippen LogP contribution is 2.32. The molecule has 160 valence electrons. The summed E-state index contributed by atoms with van der Waals surface area (Å²) in [5, 5.41) is 10.8. The van der Waals surface area contributed by atoms with Gasteiger partial charge in [-0.3, -0.25) is 25.6 Å². The van der Waals surface area contributed by atoms with Gasteiger partial charge in [0.05, 0.1) is 11.1 Å². The first-order valence-corrected chi connectivity index (χ1v) is 7.65. The van der Waals surface area contributed by atoms with Crippen molar-refractivity contribution in [1.29, 1.82) is 5.41 Å². The van der Waals surface area contributed by atoms with Gasteiger partial charge in [-0.25, -0.2) is 8.78 Å². The van der Waals surface area contributed by atoms with Crippen molar-refractivity contribution in [3.8, 4) is 0 Å². The molecule has 2 aromatic carbocycles. The summed E-state index contributed by atoms with van der Waals surface area (Å²) in [6.07, 6.45) is -10.2. The second-order valence-corrected chi connectivity index (χ2v) is 5.67. The number of nitrogens with one attached hydrogen (secondary N) is 3. The second-order valence-electron chi connectivity index (χ2n) is 5.67. The van der Waals surface area contributed by atoms with Gasteiger partial charge in [0.15, 0.2) is 0 Å². The van der Waals surface area contributed by atoms with Gasteiger partial charge in [0.1, 0.15) is 11.6 Å². The van der Waals surface area contributed by atoms with E-state index in [2.05, 4.69) is 0 Å². The Morgan fingerprint density at radius 1 is 0.700 bits per heavy atom. The normalized spacial score (nSPS) is 11.7. The topological polar surface area (TPSA) is 82.1 Å². The lowest BCUT2D eigenvalue weighted by atomic mass is 10.1. The van der Waals surface area contributed by atoms with E-state index in [-0.39, 0.29) is 12.1 Å². The Kier molecular flexibility index (Phi) is 6.14. The molecular weight excluding hydrogens is 430 g/mol. The van der Waals surface area contributed by atoms with Gasteiger partial charge in [-0.1, -0.05) is 0 Å². The smallest absolute Gasteiger partial charge is 0.292 e. The molecule has 2 amide bonds. The average molecular weight is 439 g/mol. The number of benzene rings is 2. The van der Waals surface area contributed by atoms with Gasteiger partial charge in [-0.2, -0.15) is 26.3 Å². The number of halogens is 8. The zero-order valence-corrected chi connectivity index (χ0v) is 14.3. The fraction of sp³-hybridized carbons (Fsp3) is 0.118. The van der Waals surface area contributed by atoms with Crippen molar-refractivity contribution in [2.24, 2.45) is 0 Å². The maximum atomic E-state index is 13.2. The summed E-state index contributed by atoms with van der Waals surface area (Å²) in [6, 6.07) is 2.47. The first kappa shape index (κ1) is 22.8. The van der Waals surface area contributed by atoms with E-state index in [9.17, 15) is 44.7 Å². The number of guanidine groups is 1. The fourth-order valence-corrected chi connectivity index (χ4v) is 2.17. The summed E-state index contributed by atoms with van der Waals surface area (Å²) in [6.45, 7) is 0. The third kappa shape index (κ3) is 5.30. The fourth-order valence-electron chi connectivity index (χ4n) is 2.17. The van der Waals surface area contributed by atoms with Crippen molar-refractivity contribution in [3.63, 3.8) is 0 Å². The third-order valence-corrected chi connectivity index (χ3v) is 3.54. The van der Waals surface area contributed by atoms with Crippen molar-refractivity contribution in [1.82, 2.24) is 10.6 Å². The van der Waals surface area contributed by atoms with E-state index in [1.807, 2.05) is 0 Å². The SMILES string of the molecule is N=C(NC(=O)c1ccc(F)c(C(F)(F)F)c1)NC(=O)c1ccc(F)c(C(F)(F)F)c1. The van der Waals surface area contributed by atoms with Gasteiger partial charge < -0.3 is 0 Å². The number of alkyl halides is 6. The second kappa shape index (κ2) is 8.08. The highest BCUT2D eigenvalue weighted by atomic mass is 19.4. The molecule has 0 aromatic heterocycles. The van der Waals surface area contributed by atoms with Crippen LogP contribution in [0.1, 0.15) is 31.8 Å². The minimum absolute atomic E-state index is 0.176. The van der Waals surface area contributed by atoms with E-state index in [1.165, 1.54) is 0 Å². The molecule has 0 heterocycles. The molecule has 0 spiro atoms. The largest absolute Gasteiger partial charge is 0.419 e. The number of carbonyl (C=O) groups excluding carboxylic acids is 2. The van der Waals surface area contributed by atoms with Crippen LogP contribution in [0.5, 0.6) is 0 Å². The molecule has 3 N–H and O–H groups in total. The summed E-state index contributed by atoms with van der Waals surface area (Å²) in [5.74, 6) is -7.04. The molecule has 30 heavy (non-hydrogen) atoms. The maximum absolute atomic E-state index is 13.2. The molecule has 0 unspecified atom stereocenters. The first-order chi connectivity index (χ1) is 13.7. The lowest BCUT2D eigenvalue weighted by Crippen LogP contribution is -2.43. The van der Waals surface area contributed by atoms with Crippen LogP contribution in [-0.4, -0.2) is 17.8 Å². The quantitative estimate of drug-likeness (QED) is 0.374. The molecule has 0 saturated heterocycles. The van der Waals surface area contributed by atoms with Crippen molar-refractivity contribution in [3.05, 3.63) is 70.3 Å². The highest BCUT2D eigenvalue weighted by Gasteiger charge is 2.35. The Bertz CT molecular complexity index is 936. The average Bonchev–Trinajstić information content (AvgIpc) is 2.60. The molecule has 0 aliphatic carbocycles. The Balaban J connectivity index is 2.13. The molecular formula is C17H9F8N3O2. The van der Waals surface area contributed by atoms with Crippen LogP contribution < -0.4 is 10.6 Å².